The molecule has 0 spiro atoms. The summed E-state index contributed by atoms with van der Waals surface area (Å²) in [7, 11) is 0. The van der Waals surface area contributed by atoms with Crippen LogP contribution >= 0.6 is 0 Å². The third kappa shape index (κ3) is 4.73. The SMILES string of the molecule is Cc1ccccc1N1CC[NH+](Cc2ccc(OCc3ccccc3)cc2)CC1. The van der Waals surface area contributed by atoms with E-state index in [0.29, 0.717) is 6.61 Å². The highest BCUT2D eigenvalue weighted by Gasteiger charge is 2.21. The Morgan fingerprint density at radius 1 is 0.786 bits per heavy atom. The lowest BCUT2D eigenvalue weighted by atomic mass is 10.1. The number of piperazine rings is 1. The minimum Gasteiger partial charge on any atom is -0.489 e. The molecule has 0 amide bonds. The average Bonchev–Trinajstić information content (AvgIpc) is 2.75. The second-order valence-corrected chi connectivity index (χ2v) is 7.62. The predicted molar refractivity (Wildman–Crippen MR) is 115 cm³/mol. The summed E-state index contributed by atoms with van der Waals surface area (Å²) in [6.07, 6.45) is 0. The fourth-order valence-electron chi connectivity index (χ4n) is 3.89. The van der Waals surface area contributed by atoms with E-state index in [-0.39, 0.29) is 0 Å². The maximum atomic E-state index is 5.90. The van der Waals surface area contributed by atoms with E-state index in [0.717, 1.165) is 25.4 Å². The second-order valence-electron chi connectivity index (χ2n) is 7.62. The van der Waals surface area contributed by atoms with Gasteiger partial charge in [-0.05, 0) is 48.4 Å². The highest BCUT2D eigenvalue weighted by Crippen LogP contribution is 2.19. The van der Waals surface area contributed by atoms with Crippen molar-refractivity contribution in [1.29, 1.82) is 0 Å². The Morgan fingerprint density at radius 2 is 1.46 bits per heavy atom. The number of hydrogen-bond acceptors (Lipinski definition) is 2. The van der Waals surface area contributed by atoms with Gasteiger partial charge in [-0.25, -0.2) is 0 Å². The molecule has 3 aromatic carbocycles. The van der Waals surface area contributed by atoms with Gasteiger partial charge in [-0.2, -0.15) is 0 Å². The molecule has 0 radical (unpaired) electrons. The van der Waals surface area contributed by atoms with Crippen LogP contribution in [0.25, 0.3) is 0 Å². The number of nitrogens with one attached hydrogen (secondary N) is 1. The predicted octanol–water partition coefficient (Wildman–Crippen LogP) is 3.48. The van der Waals surface area contributed by atoms with E-state index < -0.39 is 0 Å². The smallest absolute Gasteiger partial charge is 0.119 e. The van der Waals surface area contributed by atoms with Crippen molar-refractivity contribution in [3.8, 4) is 5.75 Å². The molecule has 1 aliphatic rings. The molecule has 1 fully saturated rings. The fourth-order valence-corrected chi connectivity index (χ4v) is 3.89. The van der Waals surface area contributed by atoms with Crippen LogP contribution < -0.4 is 14.5 Å². The standard InChI is InChI=1S/C25H28N2O/c1-21-7-5-6-10-25(21)27-17-15-26(16-18-27)19-22-11-13-24(14-12-22)28-20-23-8-3-2-4-9-23/h2-14H,15-20H2,1H3/p+1. The number of hydrogen-bond donors (Lipinski definition) is 1. The second kappa shape index (κ2) is 8.94. The molecule has 0 atom stereocenters. The fraction of sp³-hybridized carbons (Fsp3) is 0.280. The van der Waals surface area contributed by atoms with Crippen LogP contribution in [0.3, 0.4) is 0 Å². The van der Waals surface area contributed by atoms with Crippen LogP contribution in [0.4, 0.5) is 5.69 Å². The molecule has 0 saturated carbocycles. The number of anilines is 1. The van der Waals surface area contributed by atoms with Gasteiger partial charge in [-0.3, -0.25) is 0 Å². The highest BCUT2D eigenvalue weighted by molar-refractivity contribution is 5.53. The monoisotopic (exact) mass is 373 g/mol. The summed E-state index contributed by atoms with van der Waals surface area (Å²) in [6, 6.07) is 27.6. The third-order valence-electron chi connectivity index (χ3n) is 5.55. The van der Waals surface area contributed by atoms with E-state index in [1.54, 1.807) is 4.90 Å². The first-order valence-corrected chi connectivity index (χ1v) is 10.2. The molecular formula is C25H29N2O+. The van der Waals surface area contributed by atoms with Gasteiger partial charge in [-0.1, -0.05) is 48.5 Å². The molecule has 0 aromatic heterocycles. The van der Waals surface area contributed by atoms with Crippen molar-refractivity contribution < 1.29 is 9.64 Å². The number of quaternary nitrogens is 1. The Labute approximate surface area is 168 Å². The van der Waals surface area contributed by atoms with Crippen LogP contribution in [-0.4, -0.2) is 26.2 Å². The summed E-state index contributed by atoms with van der Waals surface area (Å²) in [5.41, 5.74) is 5.34. The molecule has 1 saturated heterocycles. The van der Waals surface area contributed by atoms with Crippen molar-refractivity contribution in [2.24, 2.45) is 0 Å². The van der Waals surface area contributed by atoms with Gasteiger partial charge in [0.2, 0.25) is 0 Å². The Morgan fingerprint density at radius 3 is 2.18 bits per heavy atom. The molecule has 1 aliphatic heterocycles. The van der Waals surface area contributed by atoms with Gasteiger partial charge in [0.1, 0.15) is 18.9 Å². The molecule has 3 heteroatoms. The van der Waals surface area contributed by atoms with Crippen molar-refractivity contribution in [3.05, 3.63) is 95.6 Å². The van der Waals surface area contributed by atoms with E-state index in [2.05, 4.69) is 72.5 Å². The quantitative estimate of drug-likeness (QED) is 0.712. The lowest BCUT2D eigenvalue weighted by molar-refractivity contribution is -0.914. The summed E-state index contributed by atoms with van der Waals surface area (Å²) in [6.45, 7) is 8.51. The molecule has 1 N–H and O–H groups in total. The lowest BCUT2D eigenvalue weighted by Gasteiger charge is -2.34. The lowest BCUT2D eigenvalue weighted by Crippen LogP contribution is -3.13. The number of aryl methyl sites for hydroxylation is 1. The van der Waals surface area contributed by atoms with Gasteiger partial charge in [0, 0.05) is 11.3 Å². The summed E-state index contributed by atoms with van der Waals surface area (Å²) >= 11 is 0. The van der Waals surface area contributed by atoms with Crippen molar-refractivity contribution in [1.82, 2.24) is 0 Å². The Kier molecular flexibility index (Phi) is 5.93. The van der Waals surface area contributed by atoms with Gasteiger partial charge < -0.3 is 14.5 Å². The normalized spacial score (nSPS) is 14.8. The molecule has 3 aromatic rings. The van der Waals surface area contributed by atoms with Gasteiger partial charge in [-0.15, -0.1) is 0 Å². The number of rotatable bonds is 6. The zero-order chi connectivity index (χ0) is 19.2. The topological polar surface area (TPSA) is 16.9 Å². The first-order valence-electron chi connectivity index (χ1n) is 10.2. The van der Waals surface area contributed by atoms with Crippen LogP contribution in [0.1, 0.15) is 16.7 Å². The molecule has 0 aliphatic carbocycles. The minimum absolute atomic E-state index is 0.617. The van der Waals surface area contributed by atoms with Gasteiger partial charge in [0.05, 0.1) is 26.2 Å². The molecule has 1 heterocycles. The minimum atomic E-state index is 0.617. The molecular weight excluding hydrogens is 344 g/mol. The number of benzene rings is 3. The van der Waals surface area contributed by atoms with Crippen LogP contribution in [0.5, 0.6) is 5.75 Å². The number of ether oxygens (including phenoxy) is 1. The molecule has 3 nitrogen and oxygen atoms in total. The summed E-state index contributed by atoms with van der Waals surface area (Å²) in [5.74, 6) is 0.937. The molecule has 0 unspecified atom stereocenters. The van der Waals surface area contributed by atoms with Gasteiger partial charge in [0.15, 0.2) is 0 Å². The zero-order valence-electron chi connectivity index (χ0n) is 16.6. The summed E-state index contributed by atoms with van der Waals surface area (Å²) < 4.78 is 5.90. The van der Waals surface area contributed by atoms with Crippen molar-refractivity contribution in [3.63, 3.8) is 0 Å². The first kappa shape index (κ1) is 18.6. The van der Waals surface area contributed by atoms with Crippen molar-refractivity contribution >= 4 is 5.69 Å². The number of nitrogens with zero attached hydrogens (tertiary/aromatic N) is 1. The highest BCUT2D eigenvalue weighted by atomic mass is 16.5. The number of para-hydroxylation sites is 1. The van der Waals surface area contributed by atoms with Crippen LogP contribution in [0.15, 0.2) is 78.9 Å². The van der Waals surface area contributed by atoms with Crippen LogP contribution in [0.2, 0.25) is 0 Å². The summed E-state index contributed by atoms with van der Waals surface area (Å²) in [4.78, 5) is 4.18. The molecule has 144 valence electrons. The van der Waals surface area contributed by atoms with E-state index in [4.69, 9.17) is 4.74 Å². The molecule has 4 rings (SSSR count). The molecule has 28 heavy (non-hydrogen) atoms. The van der Waals surface area contributed by atoms with E-state index in [9.17, 15) is 0 Å². The van der Waals surface area contributed by atoms with Crippen LogP contribution in [0, 0.1) is 6.92 Å². The Hall–Kier alpha value is -2.78. The van der Waals surface area contributed by atoms with Crippen LogP contribution in [-0.2, 0) is 13.2 Å². The van der Waals surface area contributed by atoms with E-state index >= 15 is 0 Å². The largest absolute Gasteiger partial charge is 0.489 e. The van der Waals surface area contributed by atoms with Crippen molar-refractivity contribution in [2.75, 3.05) is 31.1 Å². The van der Waals surface area contributed by atoms with E-state index in [1.807, 2.05) is 18.2 Å². The van der Waals surface area contributed by atoms with Crippen molar-refractivity contribution in [2.45, 2.75) is 20.1 Å². The maximum absolute atomic E-state index is 5.90. The van der Waals surface area contributed by atoms with Gasteiger partial charge >= 0.3 is 0 Å². The Balaban J connectivity index is 1.27. The zero-order valence-corrected chi connectivity index (χ0v) is 16.6. The molecule has 0 bridgehead atoms. The third-order valence-corrected chi connectivity index (χ3v) is 5.55. The first-order chi connectivity index (χ1) is 13.8. The maximum Gasteiger partial charge on any atom is 0.119 e. The van der Waals surface area contributed by atoms with E-state index in [1.165, 1.54) is 35.5 Å². The van der Waals surface area contributed by atoms with Gasteiger partial charge in [0.25, 0.3) is 0 Å². The summed E-state index contributed by atoms with van der Waals surface area (Å²) in [5, 5.41) is 0. The average molecular weight is 374 g/mol. The Bertz CT molecular complexity index is 869.